The van der Waals surface area contributed by atoms with E-state index in [1.807, 2.05) is 123 Å². The molecule has 35 heteroatoms. The number of anilines is 4. The minimum Gasteiger partial charge on any atom is -0.467 e. The van der Waals surface area contributed by atoms with Crippen LogP contribution in [0.5, 0.6) is 6.01 Å². The quantitative estimate of drug-likeness (QED) is 0.0373. The Kier molecular flexibility index (Phi) is 26.1. The molecule has 4 aromatic carbocycles. The number of carbonyl (C=O) groups excluding carboxylic acids is 4. The summed E-state index contributed by atoms with van der Waals surface area (Å²) in [5.41, 5.74) is 39.9. The van der Waals surface area contributed by atoms with Crippen molar-refractivity contribution in [1.29, 1.82) is 0 Å². The summed E-state index contributed by atoms with van der Waals surface area (Å²) < 4.78 is 67.6. The molecule has 12 N–H and O–H groups in total. The minimum absolute atomic E-state index is 0.0330. The van der Waals surface area contributed by atoms with Crippen LogP contribution in [-0.2, 0) is 46.8 Å². The van der Waals surface area contributed by atoms with Gasteiger partial charge in [0.1, 0.15) is 44.6 Å². The molecule has 27 nitrogen and oxygen atoms in total. The summed E-state index contributed by atoms with van der Waals surface area (Å²) >= 11 is 4.88. The predicted octanol–water partition coefficient (Wildman–Crippen LogP) is 13.5. The number of thiophene rings is 4. The monoisotopic (exact) mass is 1650 g/mol. The molecule has 114 heavy (non-hydrogen) atoms. The van der Waals surface area contributed by atoms with Crippen molar-refractivity contribution in [2.75, 3.05) is 35.8 Å². The van der Waals surface area contributed by atoms with E-state index in [1.54, 1.807) is 43.6 Å². The van der Waals surface area contributed by atoms with E-state index in [2.05, 4.69) is 83.1 Å². The lowest BCUT2D eigenvalue weighted by atomic mass is 10.1. The number of benzene rings is 4. The Hall–Kier alpha value is -11.9. The number of nitrogens with zero attached hydrogens (tertiary/aromatic N) is 11. The molecule has 10 heterocycles. The molecule has 0 radical (unpaired) electrons. The number of methoxy groups -OCH3 is 1. The van der Waals surface area contributed by atoms with Gasteiger partial charge in [-0.1, -0.05) is 79.7 Å². The van der Waals surface area contributed by atoms with Crippen molar-refractivity contribution in [3.63, 3.8) is 0 Å². The van der Waals surface area contributed by atoms with Gasteiger partial charge in [0.25, 0.3) is 23.6 Å². The maximum atomic E-state index is 14.1. The molecule has 10 aromatic heterocycles. The van der Waals surface area contributed by atoms with E-state index in [9.17, 15) is 40.6 Å². The van der Waals surface area contributed by atoms with E-state index in [1.165, 1.54) is 53.3 Å². The molecule has 0 fully saturated rings. The zero-order valence-corrected chi connectivity index (χ0v) is 68.8. The second-order valence-corrected chi connectivity index (χ2v) is 34.1. The zero-order valence-electron chi connectivity index (χ0n) is 63.9. The van der Waals surface area contributed by atoms with Crippen molar-refractivity contribution in [2.45, 2.75) is 118 Å². The molecular formula is C79H79F2N19O8S6. The van der Waals surface area contributed by atoms with Gasteiger partial charge in [0.05, 0.1) is 79.0 Å². The third-order valence-corrected chi connectivity index (χ3v) is 26.1. The molecule has 0 saturated heterocycles. The van der Waals surface area contributed by atoms with Crippen LogP contribution in [0.1, 0.15) is 126 Å². The SMILES string of the molecule is CCS(=O)(=O)c1ccc(CNC(=O)c2sc3nnc(C)c(C)c3c2N)cc1.COc1ncc(-c2ccc(CNC(=O)c3sc4nnc(C)c(C)c4c3N)cc2)cn1.Cc1ccc(-c2ccc(CNC(=O)c3sc4nnc(C)c(C)c4c3N)cc2)cn1.Cc1nnc2sc(C(=O)NCc3ccc(S(=O)C(C)F)c(F)c3)c(N)c2c1C. The van der Waals surface area contributed by atoms with E-state index in [4.69, 9.17) is 27.7 Å². The molecule has 0 aliphatic heterocycles. The van der Waals surface area contributed by atoms with Gasteiger partial charge in [-0.2, -0.15) is 20.4 Å². The number of nitrogens with two attached hydrogens (primary N) is 4. The van der Waals surface area contributed by atoms with E-state index >= 15 is 0 Å². The number of rotatable bonds is 19. The fraction of sp³-hybridized carbons (Fsp3) is 0.228. The fourth-order valence-corrected chi connectivity index (χ4v) is 17.3. The molecule has 0 spiro atoms. The highest BCUT2D eigenvalue weighted by atomic mass is 32.2. The standard InChI is InChI=1S/C22H21N5OS.C21H20N6O2S.C18H18F2N4O2S2.C18H20N4O3S2/c1-12-4-7-17(11-24-12)16-8-5-15(6-9-16)10-25-21(28)20-19(23)18-13(2)14(3)26-27-22(18)29-20;1-11-12(2)26-27-20-16(11)17(22)18(30-20)19(28)23-8-13-4-6-14(7-5-13)15-9-24-21(29-3)25-10-15;1-8-9(2)23-24-18-14(8)15(21)16(27-18)17(25)22-7-11-4-5-13(12(20)6-11)28(26)10(3)19;1-4-27(24,25)13-7-5-12(6-8-13)9-20-17(23)16-15(19)14-10(2)11(3)21-22-18(14)26-16/h4-9,11H,10,23H2,1-3H3,(H,25,28);4-7,9-10H,8,22H2,1-3H3,(H,23,28);4-6,10H,7,21H2,1-3H3,(H,22,25);5-8H,4,9,19H2,1-3H3,(H,20,23). The number of amides is 4. The van der Waals surface area contributed by atoms with Crippen LogP contribution >= 0.6 is 45.3 Å². The Balaban J connectivity index is 0.000000150. The lowest BCUT2D eigenvalue weighted by Crippen LogP contribution is -2.22. The first kappa shape index (κ1) is 83.1. The number of carbonyl (C=O) groups is 4. The summed E-state index contributed by atoms with van der Waals surface area (Å²) in [4.78, 5) is 67.3. The number of halogens is 2. The van der Waals surface area contributed by atoms with Crippen molar-refractivity contribution < 1.29 is 45.3 Å². The maximum absolute atomic E-state index is 14.1. The van der Waals surface area contributed by atoms with Crippen molar-refractivity contribution in [3.8, 4) is 28.3 Å². The Morgan fingerprint density at radius 3 is 1.09 bits per heavy atom. The minimum atomic E-state index is -3.23. The Bertz CT molecular complexity index is 6130. The third-order valence-electron chi connectivity index (χ3n) is 18.6. The molecule has 2 atom stereocenters. The molecule has 14 rings (SSSR count). The number of pyridine rings is 1. The maximum Gasteiger partial charge on any atom is 0.316 e. The number of fused-ring (bicyclic) bond motifs is 4. The number of nitrogen functional groups attached to an aromatic ring is 4. The highest BCUT2D eigenvalue weighted by Gasteiger charge is 2.26. The van der Waals surface area contributed by atoms with Gasteiger partial charge in [0, 0.05) is 83.1 Å². The van der Waals surface area contributed by atoms with Crippen LogP contribution in [0.15, 0.2) is 132 Å². The van der Waals surface area contributed by atoms with Crippen LogP contribution in [0.25, 0.3) is 63.1 Å². The molecule has 0 bridgehead atoms. The molecule has 0 aliphatic rings. The molecule has 0 aliphatic carbocycles. The molecule has 14 aromatic rings. The summed E-state index contributed by atoms with van der Waals surface area (Å²) in [5, 5.41) is 47.4. The first-order valence-corrected chi connectivity index (χ1v) is 41.3. The molecule has 2 unspecified atom stereocenters. The number of sulfone groups is 1. The average molecular weight is 1650 g/mol. The Morgan fingerprint density at radius 2 is 0.772 bits per heavy atom. The number of nitrogens with one attached hydrogen (secondary N) is 4. The number of hydrogen-bond acceptors (Lipinski definition) is 27. The number of hydrogen-bond donors (Lipinski definition) is 8. The average Bonchev–Trinajstić information content (AvgIpc) is 1.65. The number of alkyl halides is 1. The van der Waals surface area contributed by atoms with Crippen LogP contribution in [-0.4, -0.2) is 110 Å². The topological polar surface area (TPSA) is 423 Å². The first-order chi connectivity index (χ1) is 54.4. The molecule has 4 amide bonds. The van der Waals surface area contributed by atoms with Crippen molar-refractivity contribution >= 4 is 153 Å². The van der Waals surface area contributed by atoms with Crippen LogP contribution in [0.4, 0.5) is 31.5 Å². The summed E-state index contributed by atoms with van der Waals surface area (Å²) in [6.07, 6.45) is 5.28. The second kappa shape index (κ2) is 35.9. The van der Waals surface area contributed by atoms with Gasteiger partial charge in [-0.15, -0.1) is 65.7 Å². The van der Waals surface area contributed by atoms with Gasteiger partial charge in [-0.3, -0.25) is 28.4 Å². The lowest BCUT2D eigenvalue weighted by molar-refractivity contribution is 0.0947. The molecule has 0 saturated carbocycles. The molecule has 588 valence electrons. The van der Waals surface area contributed by atoms with Gasteiger partial charge >= 0.3 is 6.01 Å². The normalized spacial score (nSPS) is 11.7. The zero-order chi connectivity index (χ0) is 82.1. The second-order valence-electron chi connectivity index (χ2n) is 26.2. The van der Waals surface area contributed by atoms with Crippen molar-refractivity contribution in [3.05, 3.63) is 220 Å². The van der Waals surface area contributed by atoms with E-state index < -0.39 is 37.9 Å². The van der Waals surface area contributed by atoms with Crippen molar-refractivity contribution in [1.82, 2.24) is 77.0 Å². The van der Waals surface area contributed by atoms with Crippen LogP contribution in [0.2, 0.25) is 0 Å². The highest BCUT2D eigenvalue weighted by Crippen LogP contribution is 2.39. The van der Waals surface area contributed by atoms with Gasteiger partial charge in [-0.25, -0.2) is 27.2 Å². The Morgan fingerprint density at radius 1 is 0.456 bits per heavy atom. The van der Waals surface area contributed by atoms with Gasteiger partial charge in [-0.05, 0) is 155 Å². The highest BCUT2D eigenvalue weighted by molar-refractivity contribution is 7.91. The van der Waals surface area contributed by atoms with E-state index in [0.29, 0.717) is 91.6 Å². The van der Waals surface area contributed by atoms with Gasteiger partial charge < -0.3 is 48.9 Å². The smallest absolute Gasteiger partial charge is 0.316 e. The van der Waals surface area contributed by atoms with E-state index in [-0.39, 0.29) is 46.4 Å². The number of aryl methyl sites for hydroxylation is 9. The number of ether oxygens (including phenoxy) is 1. The fourth-order valence-electron chi connectivity index (χ4n) is 11.5. The van der Waals surface area contributed by atoms with Crippen molar-refractivity contribution in [2.24, 2.45) is 0 Å². The van der Waals surface area contributed by atoms with E-state index in [0.717, 1.165) is 130 Å². The summed E-state index contributed by atoms with van der Waals surface area (Å²) in [6, 6.07) is 30.6. The van der Waals surface area contributed by atoms with Crippen LogP contribution in [0.3, 0.4) is 0 Å². The molecular weight excluding hydrogens is 1570 g/mol. The predicted molar refractivity (Wildman–Crippen MR) is 446 cm³/mol. The van der Waals surface area contributed by atoms with Gasteiger partial charge in [0.2, 0.25) is 0 Å². The van der Waals surface area contributed by atoms with Gasteiger partial charge in [0.15, 0.2) is 15.3 Å². The lowest BCUT2D eigenvalue weighted by Gasteiger charge is -2.08. The Labute approximate surface area is 672 Å². The number of aromatic nitrogens is 11. The third kappa shape index (κ3) is 18.6. The van der Waals surface area contributed by atoms with Crippen LogP contribution in [0, 0.1) is 68.1 Å². The van der Waals surface area contributed by atoms with Crippen LogP contribution < -0.4 is 48.9 Å². The summed E-state index contributed by atoms with van der Waals surface area (Å²) in [6.45, 7) is 20.9. The summed E-state index contributed by atoms with van der Waals surface area (Å²) in [5.74, 6) is -1.86. The largest absolute Gasteiger partial charge is 0.467 e. The summed E-state index contributed by atoms with van der Waals surface area (Å²) in [7, 11) is -3.78. The first-order valence-electron chi connectivity index (χ1n) is 35.2.